The number of hydrogen-bond donors (Lipinski definition) is 2. The van der Waals surface area contributed by atoms with Gasteiger partial charge in [0.15, 0.2) is 5.76 Å². The number of rotatable bonds is 6. The summed E-state index contributed by atoms with van der Waals surface area (Å²) in [7, 11) is -2.58. The van der Waals surface area contributed by atoms with Crippen molar-refractivity contribution in [1.82, 2.24) is 14.4 Å². The summed E-state index contributed by atoms with van der Waals surface area (Å²) >= 11 is 0. The second-order valence-electron chi connectivity index (χ2n) is 6.84. The molecule has 0 aliphatic carbocycles. The molecular weight excluding hydrogens is 420 g/mol. The van der Waals surface area contributed by atoms with Gasteiger partial charge in [0.05, 0.1) is 17.6 Å². The van der Waals surface area contributed by atoms with Crippen LogP contribution in [0.4, 0.5) is 5.69 Å². The number of nitrogens with zero attached hydrogens (tertiary/aromatic N) is 2. The molecule has 0 unspecified atom stereocenters. The first kappa shape index (κ1) is 20.5. The van der Waals surface area contributed by atoms with Gasteiger partial charge < -0.3 is 14.8 Å². The van der Waals surface area contributed by atoms with Crippen LogP contribution >= 0.6 is 0 Å². The summed E-state index contributed by atoms with van der Waals surface area (Å²) in [5, 5.41) is 6.91. The van der Waals surface area contributed by atoms with E-state index in [2.05, 4.69) is 15.5 Å². The number of H-pyrrole nitrogens is 1. The van der Waals surface area contributed by atoms with Gasteiger partial charge in [-0.2, -0.15) is 4.31 Å². The molecule has 4 rings (SSSR count). The first-order chi connectivity index (χ1) is 14.8. The standard InChI is InChI=1S/C21H18N4O5S/c1-25(31(28,29)17-6-7-18-14(12-17)5-8-20(26)24-18)13-21(27)23-16-4-2-3-15(11-16)19-9-10-22-30-19/h2-12H,13H2,1H3,(H,23,27)(H,24,26). The Morgan fingerprint density at radius 3 is 2.74 bits per heavy atom. The molecule has 31 heavy (non-hydrogen) atoms. The van der Waals surface area contributed by atoms with E-state index in [1.807, 2.05) is 0 Å². The van der Waals surface area contributed by atoms with Gasteiger partial charge in [-0.1, -0.05) is 17.3 Å². The maximum absolute atomic E-state index is 12.9. The van der Waals surface area contributed by atoms with Gasteiger partial charge in [-0.05, 0) is 41.8 Å². The molecule has 0 bridgehead atoms. The summed E-state index contributed by atoms with van der Waals surface area (Å²) in [6.07, 6.45) is 1.52. The van der Waals surface area contributed by atoms with Gasteiger partial charge >= 0.3 is 0 Å². The molecule has 2 aromatic carbocycles. The smallest absolute Gasteiger partial charge is 0.248 e. The van der Waals surface area contributed by atoms with Crippen molar-refractivity contribution in [3.63, 3.8) is 0 Å². The summed E-state index contributed by atoms with van der Waals surface area (Å²) in [5.41, 5.74) is 1.48. The van der Waals surface area contributed by atoms with Crippen molar-refractivity contribution >= 4 is 32.5 Å². The number of fused-ring (bicyclic) bond motifs is 1. The molecule has 4 aromatic rings. The third-order valence-corrected chi connectivity index (χ3v) is 6.44. The fourth-order valence-corrected chi connectivity index (χ4v) is 4.24. The SMILES string of the molecule is CN(CC(=O)Nc1cccc(-c2ccno2)c1)S(=O)(=O)c1ccc2[nH]c(=O)ccc2c1. The van der Waals surface area contributed by atoms with Crippen LogP contribution in [0, 0.1) is 0 Å². The summed E-state index contributed by atoms with van der Waals surface area (Å²) in [5.74, 6) is 0.0550. The van der Waals surface area contributed by atoms with E-state index in [0.29, 0.717) is 22.4 Å². The molecule has 0 spiro atoms. The summed E-state index contributed by atoms with van der Waals surface area (Å²) in [6.45, 7) is -0.376. The number of sulfonamides is 1. The van der Waals surface area contributed by atoms with Crippen LogP contribution in [0.15, 0.2) is 81.1 Å². The Bertz CT molecular complexity index is 1410. The lowest BCUT2D eigenvalue weighted by Crippen LogP contribution is -2.35. The minimum atomic E-state index is -3.91. The largest absolute Gasteiger partial charge is 0.356 e. The molecule has 2 N–H and O–H groups in total. The Kier molecular flexibility index (Phi) is 5.40. The molecule has 0 aliphatic heterocycles. The summed E-state index contributed by atoms with van der Waals surface area (Å²) in [6, 6.07) is 15.9. The fourth-order valence-electron chi connectivity index (χ4n) is 3.08. The molecule has 0 fully saturated rings. The number of carbonyl (C=O) groups is 1. The number of aromatic nitrogens is 2. The molecule has 2 aromatic heterocycles. The van der Waals surface area contributed by atoms with E-state index in [1.54, 1.807) is 36.4 Å². The highest BCUT2D eigenvalue weighted by Crippen LogP contribution is 2.23. The third-order valence-electron chi connectivity index (χ3n) is 4.64. The van der Waals surface area contributed by atoms with Crippen molar-refractivity contribution in [2.45, 2.75) is 4.90 Å². The second kappa shape index (κ2) is 8.17. The molecule has 1 amide bonds. The number of aromatic amines is 1. The van der Waals surface area contributed by atoms with Crippen molar-refractivity contribution in [2.24, 2.45) is 0 Å². The summed E-state index contributed by atoms with van der Waals surface area (Å²) in [4.78, 5) is 26.5. The number of benzene rings is 2. The number of nitrogens with one attached hydrogen (secondary N) is 2. The Labute approximate surface area is 177 Å². The molecule has 9 nitrogen and oxygen atoms in total. The van der Waals surface area contributed by atoms with Gasteiger partial charge in [0.2, 0.25) is 21.5 Å². The lowest BCUT2D eigenvalue weighted by atomic mass is 10.1. The molecule has 0 aliphatic rings. The van der Waals surface area contributed by atoms with Crippen molar-refractivity contribution in [1.29, 1.82) is 0 Å². The highest BCUT2D eigenvalue weighted by molar-refractivity contribution is 7.89. The van der Waals surface area contributed by atoms with Crippen LogP contribution in [0.2, 0.25) is 0 Å². The van der Waals surface area contributed by atoms with Gasteiger partial charge in [-0.25, -0.2) is 8.42 Å². The number of likely N-dealkylation sites (N-methyl/N-ethyl adjacent to an activating group) is 1. The molecule has 10 heteroatoms. The van der Waals surface area contributed by atoms with Gasteiger partial charge in [0, 0.05) is 35.9 Å². The first-order valence-corrected chi connectivity index (χ1v) is 10.7. The Balaban J connectivity index is 1.49. The van der Waals surface area contributed by atoms with E-state index in [0.717, 1.165) is 9.87 Å². The Morgan fingerprint density at radius 2 is 1.97 bits per heavy atom. The zero-order valence-corrected chi connectivity index (χ0v) is 17.2. The predicted octanol–water partition coefficient (Wildman–Crippen LogP) is 2.44. The van der Waals surface area contributed by atoms with Gasteiger partial charge in [-0.3, -0.25) is 9.59 Å². The number of hydrogen-bond acceptors (Lipinski definition) is 6. The van der Waals surface area contributed by atoms with Crippen LogP contribution in [0.5, 0.6) is 0 Å². The van der Waals surface area contributed by atoms with E-state index in [9.17, 15) is 18.0 Å². The van der Waals surface area contributed by atoms with E-state index >= 15 is 0 Å². The number of amides is 1. The number of pyridine rings is 1. The Hall–Kier alpha value is -3.76. The minimum Gasteiger partial charge on any atom is -0.356 e. The molecule has 0 radical (unpaired) electrons. The van der Waals surface area contributed by atoms with Crippen molar-refractivity contribution in [3.05, 3.63) is 77.2 Å². The quantitative estimate of drug-likeness (QED) is 0.476. The number of anilines is 1. The normalized spacial score (nSPS) is 11.7. The van der Waals surface area contributed by atoms with Crippen LogP contribution in [-0.4, -0.2) is 42.4 Å². The fraction of sp³-hybridized carbons (Fsp3) is 0.0952. The van der Waals surface area contributed by atoms with Gasteiger partial charge in [0.1, 0.15) is 0 Å². The third kappa shape index (κ3) is 4.39. The molecule has 0 atom stereocenters. The van der Waals surface area contributed by atoms with Crippen molar-refractivity contribution in [3.8, 4) is 11.3 Å². The molecular formula is C21H18N4O5S. The highest BCUT2D eigenvalue weighted by Gasteiger charge is 2.23. The topological polar surface area (TPSA) is 125 Å². The van der Waals surface area contributed by atoms with E-state index in [-0.39, 0.29) is 17.0 Å². The van der Waals surface area contributed by atoms with Crippen LogP contribution in [0.1, 0.15) is 0 Å². The maximum Gasteiger partial charge on any atom is 0.248 e. The molecule has 0 saturated carbocycles. The maximum atomic E-state index is 12.9. The van der Waals surface area contributed by atoms with Gasteiger partial charge in [0.25, 0.3) is 0 Å². The van der Waals surface area contributed by atoms with E-state index < -0.39 is 15.9 Å². The zero-order valence-electron chi connectivity index (χ0n) is 16.4. The zero-order chi connectivity index (χ0) is 22.0. The van der Waals surface area contributed by atoms with Crippen molar-refractivity contribution in [2.75, 3.05) is 18.9 Å². The van der Waals surface area contributed by atoms with Crippen molar-refractivity contribution < 1.29 is 17.7 Å². The van der Waals surface area contributed by atoms with Crippen LogP contribution in [0.3, 0.4) is 0 Å². The average molecular weight is 438 g/mol. The molecule has 158 valence electrons. The molecule has 0 saturated heterocycles. The van der Waals surface area contributed by atoms with Crippen LogP contribution < -0.4 is 10.9 Å². The lowest BCUT2D eigenvalue weighted by Gasteiger charge is -2.17. The monoisotopic (exact) mass is 438 g/mol. The highest BCUT2D eigenvalue weighted by atomic mass is 32.2. The van der Waals surface area contributed by atoms with Crippen LogP contribution in [-0.2, 0) is 14.8 Å². The van der Waals surface area contributed by atoms with Crippen LogP contribution in [0.25, 0.3) is 22.2 Å². The first-order valence-electron chi connectivity index (χ1n) is 9.23. The minimum absolute atomic E-state index is 0.0228. The second-order valence-corrected chi connectivity index (χ2v) is 8.88. The molecule has 2 heterocycles. The summed E-state index contributed by atoms with van der Waals surface area (Å²) < 4.78 is 31.9. The van der Waals surface area contributed by atoms with Gasteiger partial charge in [-0.15, -0.1) is 0 Å². The Morgan fingerprint density at radius 1 is 1.13 bits per heavy atom. The number of carbonyl (C=O) groups excluding carboxylic acids is 1. The van der Waals surface area contributed by atoms with E-state index in [1.165, 1.54) is 37.5 Å². The van der Waals surface area contributed by atoms with E-state index in [4.69, 9.17) is 4.52 Å². The lowest BCUT2D eigenvalue weighted by molar-refractivity contribution is -0.116. The average Bonchev–Trinajstić information content (AvgIpc) is 3.28. The predicted molar refractivity (Wildman–Crippen MR) is 115 cm³/mol.